The van der Waals surface area contributed by atoms with Crippen LogP contribution < -0.4 is 9.62 Å². The molecule has 0 aliphatic rings. The van der Waals surface area contributed by atoms with Crippen LogP contribution in [0.4, 0.5) is 5.69 Å². The summed E-state index contributed by atoms with van der Waals surface area (Å²) < 4.78 is 28.9. The molecule has 0 heterocycles. The summed E-state index contributed by atoms with van der Waals surface area (Å²) >= 11 is 18.9. The molecule has 0 saturated carbocycles. The molecule has 0 spiro atoms. The van der Waals surface area contributed by atoms with Crippen molar-refractivity contribution >= 4 is 62.3 Å². The zero-order chi connectivity index (χ0) is 29.6. The standard InChI is InChI=1S/C29H32Cl3N3O4S/c1-5-26(29(37)33-19(2)3)34(17-21-14-15-22(30)16-25(21)32)28(36)18-35(27-13-9-12-24(31)20(27)4)40(38,39)23-10-7-6-8-11-23/h6-16,19,26H,5,17-18H2,1-4H3,(H,33,37). The van der Waals surface area contributed by atoms with Crippen LogP contribution in [-0.2, 0) is 26.2 Å². The highest BCUT2D eigenvalue weighted by Crippen LogP contribution is 2.31. The van der Waals surface area contributed by atoms with Crippen molar-refractivity contribution in [1.29, 1.82) is 0 Å². The second kappa shape index (κ2) is 13.7. The zero-order valence-corrected chi connectivity index (χ0v) is 25.8. The lowest BCUT2D eigenvalue weighted by Crippen LogP contribution is -2.53. The molecule has 0 aliphatic heterocycles. The first kappa shape index (κ1) is 31.7. The molecule has 3 rings (SSSR count). The molecule has 0 fully saturated rings. The van der Waals surface area contributed by atoms with Crippen LogP contribution >= 0.6 is 34.8 Å². The van der Waals surface area contributed by atoms with Gasteiger partial charge in [0.15, 0.2) is 0 Å². The Morgan fingerprint density at radius 2 is 1.60 bits per heavy atom. The van der Waals surface area contributed by atoms with E-state index in [0.717, 1.165) is 4.31 Å². The average molecular weight is 625 g/mol. The van der Waals surface area contributed by atoms with Gasteiger partial charge in [-0.15, -0.1) is 0 Å². The van der Waals surface area contributed by atoms with E-state index in [-0.39, 0.29) is 35.5 Å². The lowest BCUT2D eigenvalue weighted by atomic mass is 10.1. The van der Waals surface area contributed by atoms with Crippen LogP contribution in [0.5, 0.6) is 0 Å². The molecule has 1 N–H and O–H groups in total. The number of benzene rings is 3. The van der Waals surface area contributed by atoms with Gasteiger partial charge in [-0.2, -0.15) is 0 Å². The summed E-state index contributed by atoms with van der Waals surface area (Å²) in [7, 11) is -4.20. The Labute approximate surface area is 251 Å². The van der Waals surface area contributed by atoms with Gasteiger partial charge < -0.3 is 10.2 Å². The van der Waals surface area contributed by atoms with E-state index in [0.29, 0.717) is 26.2 Å². The number of hydrogen-bond donors (Lipinski definition) is 1. The summed E-state index contributed by atoms with van der Waals surface area (Å²) in [6.07, 6.45) is 0.289. The Morgan fingerprint density at radius 3 is 2.20 bits per heavy atom. The molecule has 0 saturated heterocycles. The van der Waals surface area contributed by atoms with Gasteiger partial charge in [0.2, 0.25) is 11.8 Å². The first-order chi connectivity index (χ1) is 18.9. The number of hydrogen-bond acceptors (Lipinski definition) is 4. The van der Waals surface area contributed by atoms with E-state index < -0.39 is 28.5 Å². The third-order valence-electron chi connectivity index (χ3n) is 6.29. The van der Waals surface area contributed by atoms with Gasteiger partial charge in [-0.25, -0.2) is 8.42 Å². The van der Waals surface area contributed by atoms with Crippen molar-refractivity contribution < 1.29 is 18.0 Å². The lowest BCUT2D eigenvalue weighted by Gasteiger charge is -2.34. The fourth-order valence-electron chi connectivity index (χ4n) is 4.23. The predicted molar refractivity (Wildman–Crippen MR) is 162 cm³/mol. The van der Waals surface area contributed by atoms with E-state index in [1.54, 1.807) is 68.4 Å². The summed E-state index contributed by atoms with van der Waals surface area (Å²) in [5.74, 6) is -0.942. The molecule has 0 aromatic heterocycles. The van der Waals surface area contributed by atoms with Crippen molar-refractivity contribution in [2.45, 2.75) is 57.6 Å². The number of sulfonamides is 1. The van der Waals surface area contributed by atoms with Gasteiger partial charge in [0.05, 0.1) is 10.6 Å². The Kier molecular flexibility index (Phi) is 10.9. The van der Waals surface area contributed by atoms with Gasteiger partial charge in [0, 0.05) is 27.7 Å². The zero-order valence-electron chi connectivity index (χ0n) is 22.7. The molecule has 0 radical (unpaired) electrons. The minimum atomic E-state index is -4.20. The van der Waals surface area contributed by atoms with Crippen molar-refractivity contribution in [2.24, 2.45) is 0 Å². The second-order valence-corrected chi connectivity index (χ2v) is 12.7. The van der Waals surface area contributed by atoms with Crippen LogP contribution in [-0.4, -0.2) is 43.8 Å². The third-order valence-corrected chi connectivity index (χ3v) is 9.06. The quantitative estimate of drug-likeness (QED) is 0.265. The van der Waals surface area contributed by atoms with E-state index in [1.807, 2.05) is 13.8 Å². The highest BCUT2D eigenvalue weighted by atomic mass is 35.5. The Bertz CT molecular complexity index is 1470. The molecular formula is C29H32Cl3N3O4S. The number of carbonyl (C=O) groups is 2. The number of carbonyl (C=O) groups excluding carboxylic acids is 2. The van der Waals surface area contributed by atoms with Crippen molar-refractivity contribution in [3.8, 4) is 0 Å². The topological polar surface area (TPSA) is 86.8 Å². The number of anilines is 1. The Morgan fingerprint density at radius 1 is 0.925 bits per heavy atom. The maximum atomic E-state index is 14.1. The molecule has 3 aromatic rings. The number of amides is 2. The number of halogens is 3. The van der Waals surface area contributed by atoms with Crippen LogP contribution in [0.1, 0.15) is 38.3 Å². The molecule has 1 atom stereocenters. The van der Waals surface area contributed by atoms with Gasteiger partial charge in [-0.05, 0) is 74.7 Å². The van der Waals surface area contributed by atoms with Crippen molar-refractivity contribution in [2.75, 3.05) is 10.8 Å². The molecule has 7 nitrogen and oxygen atoms in total. The van der Waals surface area contributed by atoms with Crippen LogP contribution in [0, 0.1) is 6.92 Å². The molecule has 40 heavy (non-hydrogen) atoms. The highest BCUT2D eigenvalue weighted by Gasteiger charge is 2.34. The van der Waals surface area contributed by atoms with Crippen molar-refractivity contribution in [3.05, 3.63) is 92.9 Å². The molecule has 0 bridgehead atoms. The molecule has 3 aromatic carbocycles. The van der Waals surface area contributed by atoms with Crippen LogP contribution in [0.15, 0.2) is 71.6 Å². The fourth-order valence-corrected chi connectivity index (χ4v) is 6.36. The summed E-state index contributed by atoms with van der Waals surface area (Å²) in [5, 5.41) is 3.96. The summed E-state index contributed by atoms with van der Waals surface area (Å²) in [6.45, 7) is 6.51. The Hall–Kier alpha value is -2.78. The van der Waals surface area contributed by atoms with E-state index in [2.05, 4.69) is 5.32 Å². The van der Waals surface area contributed by atoms with Gasteiger partial charge in [0.1, 0.15) is 12.6 Å². The van der Waals surface area contributed by atoms with Crippen LogP contribution in [0.3, 0.4) is 0 Å². The normalized spacial score (nSPS) is 12.2. The smallest absolute Gasteiger partial charge is 0.264 e. The molecule has 2 amide bonds. The van der Waals surface area contributed by atoms with E-state index in [1.165, 1.54) is 17.0 Å². The van der Waals surface area contributed by atoms with Crippen LogP contribution in [0.2, 0.25) is 15.1 Å². The van der Waals surface area contributed by atoms with E-state index >= 15 is 0 Å². The SMILES string of the molecule is CCC(C(=O)NC(C)C)N(Cc1ccc(Cl)cc1Cl)C(=O)CN(c1cccc(Cl)c1C)S(=O)(=O)c1ccccc1. The third kappa shape index (κ3) is 7.49. The molecule has 1 unspecified atom stereocenters. The number of nitrogens with zero attached hydrogens (tertiary/aromatic N) is 2. The van der Waals surface area contributed by atoms with Gasteiger partial charge in [-0.1, -0.05) is 72.1 Å². The fraction of sp³-hybridized carbons (Fsp3) is 0.310. The summed E-state index contributed by atoms with van der Waals surface area (Å²) in [6, 6.07) is 16.5. The van der Waals surface area contributed by atoms with Gasteiger partial charge in [0.25, 0.3) is 10.0 Å². The van der Waals surface area contributed by atoms with E-state index in [9.17, 15) is 18.0 Å². The highest BCUT2D eigenvalue weighted by molar-refractivity contribution is 7.92. The van der Waals surface area contributed by atoms with Gasteiger partial charge >= 0.3 is 0 Å². The van der Waals surface area contributed by atoms with E-state index in [4.69, 9.17) is 34.8 Å². The predicted octanol–water partition coefficient (Wildman–Crippen LogP) is 6.48. The van der Waals surface area contributed by atoms with Crippen LogP contribution in [0.25, 0.3) is 0 Å². The first-order valence-electron chi connectivity index (χ1n) is 12.7. The molecule has 0 aliphatic carbocycles. The minimum absolute atomic E-state index is 0.0130. The summed E-state index contributed by atoms with van der Waals surface area (Å²) in [4.78, 5) is 28.7. The number of rotatable bonds is 11. The average Bonchev–Trinajstić information content (AvgIpc) is 2.90. The Balaban J connectivity index is 2.12. The maximum absolute atomic E-state index is 14.1. The molecular weight excluding hydrogens is 593 g/mol. The summed E-state index contributed by atoms with van der Waals surface area (Å²) in [5.41, 5.74) is 1.31. The molecule has 214 valence electrons. The van der Waals surface area contributed by atoms with Gasteiger partial charge in [-0.3, -0.25) is 13.9 Å². The lowest BCUT2D eigenvalue weighted by molar-refractivity contribution is -0.140. The molecule has 11 heteroatoms. The monoisotopic (exact) mass is 623 g/mol. The van der Waals surface area contributed by atoms with Crippen molar-refractivity contribution in [3.63, 3.8) is 0 Å². The maximum Gasteiger partial charge on any atom is 0.264 e. The largest absolute Gasteiger partial charge is 0.352 e. The first-order valence-corrected chi connectivity index (χ1v) is 15.3. The van der Waals surface area contributed by atoms with Crippen molar-refractivity contribution in [1.82, 2.24) is 10.2 Å². The minimum Gasteiger partial charge on any atom is -0.352 e. The number of nitrogens with one attached hydrogen (secondary N) is 1. The second-order valence-electron chi connectivity index (χ2n) is 9.55.